The summed E-state index contributed by atoms with van der Waals surface area (Å²) in [6, 6.07) is 6.38. The monoisotopic (exact) mass is 408 g/mol. The highest BCUT2D eigenvalue weighted by atomic mass is 16.2. The Morgan fingerprint density at radius 1 is 1.17 bits per heavy atom. The van der Waals surface area contributed by atoms with Gasteiger partial charge in [0.15, 0.2) is 5.78 Å². The van der Waals surface area contributed by atoms with E-state index in [0.717, 1.165) is 30.8 Å². The number of carbonyl (C=O) groups is 2. The molecule has 1 aromatic carbocycles. The van der Waals surface area contributed by atoms with Crippen LogP contribution < -0.4 is 10.6 Å². The van der Waals surface area contributed by atoms with Gasteiger partial charge in [0.2, 0.25) is 5.91 Å². The number of hydrogen-bond acceptors (Lipinski definition) is 5. The molecule has 2 aliphatic carbocycles. The van der Waals surface area contributed by atoms with Gasteiger partial charge >= 0.3 is 0 Å². The van der Waals surface area contributed by atoms with Gasteiger partial charge in [0, 0.05) is 50.1 Å². The SMILES string of the molecule is CC(=O)/C(N)=C1/C(=NCC(=O)N2CCN(c3cccc(C)c3C)CC2)CC2C1[C@@H]2C. The molecular weight excluding hydrogens is 376 g/mol. The summed E-state index contributed by atoms with van der Waals surface area (Å²) >= 11 is 0. The zero-order chi connectivity index (χ0) is 21.6. The summed E-state index contributed by atoms with van der Waals surface area (Å²) < 4.78 is 0. The molecule has 4 rings (SSSR count). The molecule has 0 radical (unpaired) electrons. The fraction of sp³-hybridized carbons (Fsp3) is 0.542. The zero-order valence-corrected chi connectivity index (χ0v) is 18.4. The summed E-state index contributed by atoms with van der Waals surface area (Å²) in [4.78, 5) is 33.5. The minimum atomic E-state index is -0.105. The molecule has 2 N–H and O–H groups in total. The number of carbonyl (C=O) groups excluding carboxylic acids is 2. The molecule has 1 heterocycles. The highest BCUT2D eigenvalue weighted by Crippen LogP contribution is 2.59. The van der Waals surface area contributed by atoms with E-state index in [1.54, 1.807) is 0 Å². The number of fused-ring (bicyclic) bond motifs is 1. The van der Waals surface area contributed by atoms with Crippen LogP contribution in [0.4, 0.5) is 5.69 Å². The molecule has 2 saturated carbocycles. The van der Waals surface area contributed by atoms with Crippen LogP contribution in [0.1, 0.15) is 31.4 Å². The third kappa shape index (κ3) is 3.64. The van der Waals surface area contributed by atoms with Crippen LogP contribution in [0.2, 0.25) is 0 Å². The van der Waals surface area contributed by atoms with Crippen molar-refractivity contribution in [2.45, 2.75) is 34.1 Å². The highest BCUT2D eigenvalue weighted by Gasteiger charge is 2.56. The van der Waals surface area contributed by atoms with Crippen molar-refractivity contribution in [3.05, 3.63) is 40.6 Å². The van der Waals surface area contributed by atoms with Gasteiger partial charge in [0.25, 0.3) is 0 Å². The quantitative estimate of drug-likeness (QED) is 0.777. The molecule has 1 aromatic rings. The summed E-state index contributed by atoms with van der Waals surface area (Å²) in [5.41, 5.74) is 12.1. The van der Waals surface area contributed by atoms with Crippen molar-refractivity contribution in [2.24, 2.45) is 28.5 Å². The number of nitrogens with zero attached hydrogens (tertiary/aromatic N) is 3. The molecule has 6 nitrogen and oxygen atoms in total. The van der Waals surface area contributed by atoms with Crippen LogP contribution in [0.25, 0.3) is 0 Å². The smallest absolute Gasteiger partial charge is 0.244 e. The maximum absolute atomic E-state index is 12.8. The zero-order valence-electron chi connectivity index (χ0n) is 18.4. The number of ketones is 1. The lowest BCUT2D eigenvalue weighted by molar-refractivity contribution is -0.129. The van der Waals surface area contributed by atoms with Gasteiger partial charge in [0.05, 0.1) is 5.70 Å². The normalized spacial score (nSPS) is 28.5. The Hall–Kier alpha value is -2.63. The average molecular weight is 409 g/mol. The van der Waals surface area contributed by atoms with Crippen molar-refractivity contribution < 1.29 is 9.59 Å². The first-order chi connectivity index (χ1) is 14.3. The summed E-state index contributed by atoms with van der Waals surface area (Å²) in [5.74, 6) is 1.39. The molecule has 160 valence electrons. The number of nitrogens with two attached hydrogens (primary N) is 1. The Balaban J connectivity index is 1.38. The number of amides is 1. The highest BCUT2D eigenvalue weighted by molar-refractivity contribution is 6.11. The largest absolute Gasteiger partial charge is 0.396 e. The van der Waals surface area contributed by atoms with E-state index in [1.807, 2.05) is 4.90 Å². The van der Waals surface area contributed by atoms with Crippen LogP contribution in [0.3, 0.4) is 0 Å². The molecule has 30 heavy (non-hydrogen) atoms. The van der Waals surface area contributed by atoms with Gasteiger partial charge in [-0.1, -0.05) is 19.1 Å². The minimum absolute atomic E-state index is 0.0532. The topological polar surface area (TPSA) is 79.0 Å². The Morgan fingerprint density at radius 2 is 1.87 bits per heavy atom. The van der Waals surface area contributed by atoms with Crippen LogP contribution in [0.5, 0.6) is 0 Å². The Bertz CT molecular complexity index is 941. The molecule has 0 spiro atoms. The van der Waals surface area contributed by atoms with Gasteiger partial charge in [-0.15, -0.1) is 0 Å². The van der Waals surface area contributed by atoms with Gasteiger partial charge in [-0.25, -0.2) is 0 Å². The van der Waals surface area contributed by atoms with Crippen LogP contribution in [0, 0.1) is 31.6 Å². The first-order valence-electron chi connectivity index (χ1n) is 10.9. The molecule has 0 aromatic heterocycles. The third-order valence-electron chi connectivity index (χ3n) is 7.26. The van der Waals surface area contributed by atoms with E-state index in [0.29, 0.717) is 36.5 Å². The van der Waals surface area contributed by atoms with Crippen molar-refractivity contribution in [3.8, 4) is 0 Å². The van der Waals surface area contributed by atoms with Crippen LogP contribution in [-0.4, -0.2) is 55.0 Å². The standard InChI is InChI=1S/C24H32N4O2/c1-14-6-5-7-20(15(14)2)27-8-10-28(11-9-27)21(30)13-26-19-12-18-16(3)22(18)23(19)24(25)17(4)29/h5-7,16,18,22H,8-13,25H2,1-4H3/b24-23+,26-19?/t16-,18?,22?/m1/s1. The number of aryl methyl sites for hydroxylation is 1. The first kappa shape index (κ1) is 20.6. The van der Waals surface area contributed by atoms with Gasteiger partial charge in [-0.2, -0.15) is 0 Å². The second-order valence-corrected chi connectivity index (χ2v) is 8.99. The van der Waals surface area contributed by atoms with E-state index >= 15 is 0 Å². The number of hydrogen-bond donors (Lipinski definition) is 1. The second-order valence-electron chi connectivity index (χ2n) is 8.99. The predicted octanol–water partition coefficient (Wildman–Crippen LogP) is 2.48. The fourth-order valence-corrected chi connectivity index (χ4v) is 5.07. The molecule has 0 bridgehead atoms. The lowest BCUT2D eigenvalue weighted by Gasteiger charge is -2.37. The average Bonchev–Trinajstić information content (AvgIpc) is 3.18. The Morgan fingerprint density at radius 3 is 2.53 bits per heavy atom. The van der Waals surface area contributed by atoms with Gasteiger partial charge in [-0.05, 0) is 55.2 Å². The Kier molecular flexibility index (Phi) is 5.43. The molecule has 6 heteroatoms. The molecule has 1 amide bonds. The predicted molar refractivity (Wildman–Crippen MR) is 120 cm³/mol. The van der Waals surface area contributed by atoms with Crippen molar-refractivity contribution >= 4 is 23.1 Å². The van der Waals surface area contributed by atoms with Crippen molar-refractivity contribution in [3.63, 3.8) is 0 Å². The number of anilines is 1. The minimum Gasteiger partial charge on any atom is -0.396 e. The molecular formula is C24H32N4O2. The van der Waals surface area contributed by atoms with Crippen molar-refractivity contribution in [2.75, 3.05) is 37.6 Å². The maximum Gasteiger partial charge on any atom is 0.244 e. The van der Waals surface area contributed by atoms with Crippen LogP contribution in [-0.2, 0) is 9.59 Å². The molecule has 1 saturated heterocycles. The Labute approximate surface area is 178 Å². The van der Waals surface area contributed by atoms with Gasteiger partial charge < -0.3 is 15.5 Å². The second kappa shape index (κ2) is 7.89. The van der Waals surface area contributed by atoms with Crippen LogP contribution in [0.15, 0.2) is 34.5 Å². The van der Waals surface area contributed by atoms with E-state index in [9.17, 15) is 9.59 Å². The van der Waals surface area contributed by atoms with E-state index < -0.39 is 0 Å². The van der Waals surface area contributed by atoms with Gasteiger partial charge in [-0.3, -0.25) is 14.6 Å². The summed E-state index contributed by atoms with van der Waals surface area (Å²) in [7, 11) is 0. The van der Waals surface area contributed by atoms with Crippen LogP contribution >= 0.6 is 0 Å². The fourth-order valence-electron chi connectivity index (χ4n) is 5.07. The molecule has 2 unspecified atom stereocenters. The molecule has 1 aliphatic heterocycles. The lowest BCUT2D eigenvalue weighted by atomic mass is 10.0. The molecule has 3 aliphatic rings. The number of allylic oxidation sites excluding steroid dienone is 2. The van der Waals surface area contributed by atoms with E-state index in [1.165, 1.54) is 23.7 Å². The molecule has 3 fully saturated rings. The number of Topliss-reactive ketones (excluding diaryl/α,β-unsaturated/α-hetero) is 1. The first-order valence-corrected chi connectivity index (χ1v) is 10.9. The molecule has 3 atom stereocenters. The number of benzene rings is 1. The number of aliphatic imine (C=N–C) groups is 1. The van der Waals surface area contributed by atoms with E-state index in [2.05, 4.69) is 48.9 Å². The van der Waals surface area contributed by atoms with Crippen molar-refractivity contribution in [1.82, 2.24) is 4.90 Å². The van der Waals surface area contributed by atoms with Crippen molar-refractivity contribution in [1.29, 1.82) is 0 Å². The van der Waals surface area contributed by atoms with Gasteiger partial charge in [0.1, 0.15) is 6.54 Å². The van der Waals surface area contributed by atoms with E-state index in [-0.39, 0.29) is 18.2 Å². The number of rotatable bonds is 4. The summed E-state index contributed by atoms with van der Waals surface area (Å²) in [5, 5.41) is 0. The summed E-state index contributed by atoms with van der Waals surface area (Å²) in [6.45, 7) is 11.2. The maximum atomic E-state index is 12.8. The summed E-state index contributed by atoms with van der Waals surface area (Å²) in [6.07, 6.45) is 0.836. The third-order valence-corrected chi connectivity index (χ3v) is 7.26. The number of piperazine rings is 1. The lowest BCUT2D eigenvalue weighted by Crippen LogP contribution is -2.49. The van der Waals surface area contributed by atoms with E-state index in [4.69, 9.17) is 5.73 Å².